The summed E-state index contributed by atoms with van der Waals surface area (Å²) in [6.45, 7) is 16.2. The molecule has 0 aliphatic carbocycles. The van der Waals surface area contributed by atoms with Crippen LogP contribution in [0.5, 0.6) is 0 Å². The highest BCUT2D eigenvalue weighted by molar-refractivity contribution is 7.89. The van der Waals surface area contributed by atoms with E-state index < -0.39 is 26.8 Å². The summed E-state index contributed by atoms with van der Waals surface area (Å²) in [6, 6.07) is 1.07. The van der Waals surface area contributed by atoms with Crippen molar-refractivity contribution >= 4 is 27.8 Å². The van der Waals surface area contributed by atoms with Crippen LogP contribution < -0.4 is 10.0 Å². The Labute approximate surface area is 233 Å². The van der Waals surface area contributed by atoms with Crippen LogP contribution in [-0.2, 0) is 32.5 Å². The minimum absolute atomic E-state index is 0.0629. The van der Waals surface area contributed by atoms with Crippen molar-refractivity contribution in [1.29, 1.82) is 0 Å². The molecular formula is C26H31N7O6S. The molecule has 212 valence electrons. The lowest BCUT2D eigenvalue weighted by Crippen LogP contribution is -2.56. The largest absolute Gasteiger partial charge is 0.451 e. The first-order chi connectivity index (χ1) is 18.8. The van der Waals surface area contributed by atoms with Crippen molar-refractivity contribution in [2.75, 3.05) is 37.6 Å². The van der Waals surface area contributed by atoms with Crippen molar-refractivity contribution in [1.82, 2.24) is 19.8 Å². The molecule has 4 heterocycles. The van der Waals surface area contributed by atoms with Crippen molar-refractivity contribution in [3.8, 4) is 11.8 Å². The van der Waals surface area contributed by atoms with Gasteiger partial charge < -0.3 is 28.7 Å². The van der Waals surface area contributed by atoms with E-state index in [1.165, 1.54) is 19.3 Å². The molecule has 4 rings (SSSR count). The topological polar surface area (TPSA) is 157 Å². The Bertz CT molecular complexity index is 1530. The first kappa shape index (κ1) is 28.9. The predicted octanol–water partition coefficient (Wildman–Crippen LogP) is 1.37. The summed E-state index contributed by atoms with van der Waals surface area (Å²) in [6.07, 6.45) is 1.18. The Morgan fingerprint density at radius 2 is 2.00 bits per heavy atom. The lowest BCUT2D eigenvalue weighted by molar-refractivity contribution is -0.131. The molecule has 2 aromatic rings. The molecule has 40 heavy (non-hydrogen) atoms. The van der Waals surface area contributed by atoms with Gasteiger partial charge in [-0.3, -0.25) is 4.79 Å². The quantitative estimate of drug-likeness (QED) is 0.426. The second-order valence-electron chi connectivity index (χ2n) is 10.5. The number of nitrogens with zero attached hydrogens (tertiary/aromatic N) is 6. The van der Waals surface area contributed by atoms with Crippen LogP contribution in [0.2, 0.25) is 0 Å². The number of primary sulfonamides is 1. The van der Waals surface area contributed by atoms with Gasteiger partial charge in [-0.1, -0.05) is 5.92 Å². The number of carbonyl (C=O) groups excluding carboxylic acids is 2. The van der Waals surface area contributed by atoms with Gasteiger partial charge in [-0.05, 0) is 39.2 Å². The van der Waals surface area contributed by atoms with E-state index in [1.807, 2.05) is 4.90 Å². The molecule has 0 aromatic carbocycles. The third-order valence-electron chi connectivity index (χ3n) is 6.38. The van der Waals surface area contributed by atoms with Crippen molar-refractivity contribution in [2.24, 2.45) is 5.14 Å². The van der Waals surface area contributed by atoms with Crippen LogP contribution >= 0.6 is 0 Å². The zero-order valence-corrected chi connectivity index (χ0v) is 23.6. The van der Waals surface area contributed by atoms with Gasteiger partial charge in [0.05, 0.1) is 24.1 Å². The van der Waals surface area contributed by atoms with Crippen molar-refractivity contribution in [3.63, 3.8) is 0 Å². The van der Waals surface area contributed by atoms with Crippen molar-refractivity contribution < 1.29 is 27.2 Å². The van der Waals surface area contributed by atoms with Crippen molar-refractivity contribution in [3.05, 3.63) is 46.4 Å². The van der Waals surface area contributed by atoms with Crippen LogP contribution in [0.1, 0.15) is 50.3 Å². The lowest BCUT2D eigenvalue weighted by Gasteiger charge is -2.40. The van der Waals surface area contributed by atoms with E-state index in [0.29, 0.717) is 44.1 Å². The predicted molar refractivity (Wildman–Crippen MR) is 143 cm³/mol. The van der Waals surface area contributed by atoms with Gasteiger partial charge in [0.25, 0.3) is 10.0 Å². The fourth-order valence-corrected chi connectivity index (χ4v) is 5.28. The summed E-state index contributed by atoms with van der Waals surface area (Å²) < 4.78 is 34.2. The second-order valence-corrected chi connectivity index (χ2v) is 12.0. The van der Waals surface area contributed by atoms with Crippen LogP contribution in [0.25, 0.3) is 4.85 Å². The highest BCUT2D eigenvalue weighted by atomic mass is 32.2. The number of ether oxygens (including phenoxy) is 1. The first-order valence-electron chi connectivity index (χ1n) is 12.6. The number of rotatable bonds is 3. The first-order valence-corrected chi connectivity index (χ1v) is 14.2. The molecule has 14 heteroatoms. The zero-order chi connectivity index (χ0) is 29.2. The maximum Gasteiger partial charge on any atom is 0.410 e. The normalized spacial score (nSPS) is 17.4. The number of amides is 2. The maximum atomic E-state index is 12.8. The Morgan fingerprint density at radius 1 is 1.25 bits per heavy atom. The molecule has 1 saturated heterocycles. The van der Waals surface area contributed by atoms with E-state index in [2.05, 4.69) is 21.7 Å². The van der Waals surface area contributed by atoms with E-state index in [9.17, 15) is 18.0 Å². The Hall–Kier alpha value is -4.14. The molecule has 2 aromatic heterocycles. The van der Waals surface area contributed by atoms with E-state index in [4.69, 9.17) is 25.8 Å². The summed E-state index contributed by atoms with van der Waals surface area (Å²) in [5, 5.41) is 4.75. The summed E-state index contributed by atoms with van der Waals surface area (Å²) in [4.78, 5) is 43.1. The molecule has 2 N–H and O–H groups in total. The molecule has 0 spiro atoms. The molecule has 0 unspecified atom stereocenters. The van der Waals surface area contributed by atoms with Crippen LogP contribution in [0, 0.1) is 18.4 Å². The standard InChI is InChI=1S/C26H31N7O6S/c1-17(34)33-12-11-31(15-19(33)14-28-5)23-20-8-10-32(25(35)39-26(2,3)4)16-21(20)29-22(30-23)7-6-18-9-13-38-24(18)40(27,36)37/h9,13,19H,8,10-12,14-16H2,1-4H3,(H2,27,36,37)/t19-/m0/s1. The third-order valence-corrected chi connectivity index (χ3v) is 7.21. The van der Waals surface area contributed by atoms with E-state index in [1.54, 1.807) is 30.6 Å². The number of anilines is 1. The van der Waals surface area contributed by atoms with Gasteiger partial charge in [0.2, 0.25) is 23.4 Å². The minimum Gasteiger partial charge on any atom is -0.451 e. The van der Waals surface area contributed by atoms with Crippen LogP contribution in [-0.4, -0.2) is 84.6 Å². The number of hydrogen-bond donors (Lipinski definition) is 1. The SMILES string of the molecule is [C-]#[N+]C[C@H]1CN(c2nc(C#Cc3ccoc3S(N)(=O)=O)nc3c2CCN(C(=O)OC(C)(C)C)C3)CCN1C(C)=O. The van der Waals surface area contributed by atoms with E-state index in [-0.39, 0.29) is 36.4 Å². The Morgan fingerprint density at radius 3 is 2.65 bits per heavy atom. The fourth-order valence-electron chi connectivity index (χ4n) is 4.67. The molecule has 13 nitrogen and oxygen atoms in total. The second kappa shape index (κ2) is 11.2. The number of piperazine rings is 1. The van der Waals surface area contributed by atoms with Gasteiger partial charge in [-0.2, -0.15) is 0 Å². The smallest absolute Gasteiger partial charge is 0.410 e. The molecule has 0 saturated carbocycles. The lowest BCUT2D eigenvalue weighted by atomic mass is 10.0. The highest BCUT2D eigenvalue weighted by Gasteiger charge is 2.35. The Kier molecular flexibility index (Phi) is 8.05. The van der Waals surface area contributed by atoms with Crippen LogP contribution in [0.4, 0.5) is 10.6 Å². The number of hydrogen-bond acceptors (Lipinski definition) is 9. The van der Waals surface area contributed by atoms with Gasteiger partial charge in [0.15, 0.2) is 0 Å². The number of aromatic nitrogens is 2. The molecule has 0 radical (unpaired) electrons. The average molecular weight is 570 g/mol. The van der Waals surface area contributed by atoms with Crippen molar-refractivity contribution in [2.45, 2.75) is 57.4 Å². The number of sulfonamides is 1. The van der Waals surface area contributed by atoms with Gasteiger partial charge >= 0.3 is 6.09 Å². The maximum absolute atomic E-state index is 12.8. The zero-order valence-electron chi connectivity index (χ0n) is 22.8. The van der Waals surface area contributed by atoms with Crippen LogP contribution in [0.3, 0.4) is 0 Å². The fraction of sp³-hybridized carbons (Fsp3) is 0.500. The van der Waals surface area contributed by atoms with Gasteiger partial charge in [-0.15, -0.1) is 0 Å². The monoisotopic (exact) mass is 569 g/mol. The number of furan rings is 1. The number of carbonyl (C=O) groups is 2. The molecule has 2 amide bonds. The molecule has 1 atom stereocenters. The summed E-state index contributed by atoms with van der Waals surface area (Å²) >= 11 is 0. The molecule has 2 aliphatic heterocycles. The summed E-state index contributed by atoms with van der Waals surface area (Å²) in [7, 11) is -4.12. The van der Waals surface area contributed by atoms with Crippen LogP contribution in [0.15, 0.2) is 21.8 Å². The minimum atomic E-state index is -4.12. The van der Waals surface area contributed by atoms with E-state index >= 15 is 0 Å². The molecular weight excluding hydrogens is 538 g/mol. The average Bonchev–Trinajstić information content (AvgIpc) is 3.35. The summed E-state index contributed by atoms with van der Waals surface area (Å²) in [5.74, 6) is 6.15. The summed E-state index contributed by atoms with van der Waals surface area (Å²) in [5.41, 5.74) is 0.829. The molecule has 1 fully saturated rings. The molecule has 2 aliphatic rings. The van der Waals surface area contributed by atoms with Gasteiger partial charge in [0.1, 0.15) is 17.5 Å². The van der Waals surface area contributed by atoms with Gasteiger partial charge in [-0.25, -0.2) is 34.9 Å². The third kappa shape index (κ3) is 6.52. The van der Waals surface area contributed by atoms with Gasteiger partial charge in [0, 0.05) is 38.7 Å². The highest BCUT2D eigenvalue weighted by Crippen LogP contribution is 2.29. The van der Waals surface area contributed by atoms with E-state index in [0.717, 1.165) is 5.56 Å². The Balaban J connectivity index is 1.74. The number of fused-ring (bicyclic) bond motifs is 1. The number of nitrogens with two attached hydrogens (primary N) is 1. The molecule has 0 bridgehead atoms.